The van der Waals surface area contributed by atoms with Gasteiger partial charge in [0.05, 0.1) is 0 Å². The van der Waals surface area contributed by atoms with E-state index in [0.717, 1.165) is 19.0 Å². The van der Waals surface area contributed by atoms with Crippen LogP contribution in [0.5, 0.6) is 0 Å². The maximum absolute atomic E-state index is 5.21. The van der Waals surface area contributed by atoms with E-state index in [1.165, 1.54) is 25.8 Å². The highest BCUT2D eigenvalue weighted by Crippen LogP contribution is 2.15. The van der Waals surface area contributed by atoms with E-state index in [4.69, 9.17) is 6.42 Å². The van der Waals surface area contributed by atoms with Crippen molar-refractivity contribution in [1.82, 2.24) is 4.90 Å². The molecule has 0 aromatic rings. The summed E-state index contributed by atoms with van der Waals surface area (Å²) in [6, 6.07) is 0.761. The predicted molar refractivity (Wildman–Crippen MR) is 48.3 cm³/mol. The van der Waals surface area contributed by atoms with E-state index in [2.05, 4.69) is 17.7 Å². The molecule has 0 amide bonds. The predicted octanol–water partition coefficient (Wildman–Crippen LogP) is 1.88. The van der Waals surface area contributed by atoms with Gasteiger partial charge in [-0.2, -0.15) is 0 Å². The number of piperidine rings is 1. The summed E-state index contributed by atoms with van der Waals surface area (Å²) in [7, 11) is 0. The molecule has 1 nitrogen and oxygen atoms in total. The fraction of sp³-hybridized carbons (Fsp3) is 0.800. The molecule has 1 rings (SSSR count). The highest BCUT2D eigenvalue weighted by Gasteiger charge is 2.16. The molecule has 1 aliphatic heterocycles. The molecule has 11 heavy (non-hydrogen) atoms. The van der Waals surface area contributed by atoms with Gasteiger partial charge in [-0.25, -0.2) is 0 Å². The molecule has 62 valence electrons. The van der Waals surface area contributed by atoms with Gasteiger partial charge >= 0.3 is 0 Å². The molecule has 1 atom stereocenters. The van der Waals surface area contributed by atoms with E-state index in [-0.39, 0.29) is 0 Å². The second-order valence-corrected chi connectivity index (χ2v) is 3.33. The molecule has 1 aliphatic rings. The van der Waals surface area contributed by atoms with Crippen LogP contribution in [0.1, 0.15) is 32.6 Å². The van der Waals surface area contributed by atoms with Crippen LogP contribution < -0.4 is 0 Å². The van der Waals surface area contributed by atoms with Crippen molar-refractivity contribution < 1.29 is 0 Å². The maximum atomic E-state index is 5.21. The van der Waals surface area contributed by atoms with Crippen molar-refractivity contribution in [3.63, 3.8) is 0 Å². The van der Waals surface area contributed by atoms with Crippen molar-refractivity contribution in [2.24, 2.45) is 0 Å². The molecule has 1 unspecified atom stereocenters. The smallest absolute Gasteiger partial charge is 0.0214 e. The fourth-order valence-corrected chi connectivity index (χ4v) is 1.70. The summed E-state index contributed by atoms with van der Waals surface area (Å²) in [5.41, 5.74) is 0. The minimum absolute atomic E-state index is 0.761. The third kappa shape index (κ3) is 2.55. The van der Waals surface area contributed by atoms with Crippen molar-refractivity contribution >= 4 is 0 Å². The zero-order valence-electron chi connectivity index (χ0n) is 7.34. The largest absolute Gasteiger partial charge is 0.300 e. The number of terminal acetylenes is 1. The molecule has 0 spiro atoms. The van der Waals surface area contributed by atoms with Gasteiger partial charge in [-0.3, -0.25) is 4.90 Å². The molecular weight excluding hydrogens is 134 g/mol. The summed E-state index contributed by atoms with van der Waals surface area (Å²) in [4.78, 5) is 2.50. The first-order chi connectivity index (χ1) is 5.34. The average molecular weight is 151 g/mol. The molecule has 0 saturated carbocycles. The summed E-state index contributed by atoms with van der Waals surface area (Å²) in [6.07, 6.45) is 10.2. The number of rotatable bonds is 2. The van der Waals surface area contributed by atoms with Gasteiger partial charge in [0.2, 0.25) is 0 Å². The first-order valence-corrected chi connectivity index (χ1v) is 4.52. The van der Waals surface area contributed by atoms with Gasteiger partial charge in [-0.05, 0) is 26.3 Å². The zero-order valence-corrected chi connectivity index (χ0v) is 7.34. The molecule has 1 heterocycles. The standard InChI is InChI=1S/C10H17N/c1-3-4-8-11-9-6-5-7-10(11)2/h1,10H,4-9H2,2H3. The van der Waals surface area contributed by atoms with Crippen LogP contribution >= 0.6 is 0 Å². The first kappa shape index (κ1) is 8.62. The molecule has 0 aliphatic carbocycles. The van der Waals surface area contributed by atoms with Crippen LogP contribution in [-0.4, -0.2) is 24.0 Å². The minimum Gasteiger partial charge on any atom is -0.300 e. The van der Waals surface area contributed by atoms with E-state index in [0.29, 0.717) is 0 Å². The van der Waals surface area contributed by atoms with Gasteiger partial charge in [-0.15, -0.1) is 12.3 Å². The number of likely N-dealkylation sites (tertiary alicyclic amines) is 1. The lowest BCUT2D eigenvalue weighted by Crippen LogP contribution is -2.37. The van der Waals surface area contributed by atoms with Gasteiger partial charge in [0.1, 0.15) is 0 Å². The lowest BCUT2D eigenvalue weighted by Gasteiger charge is -2.32. The van der Waals surface area contributed by atoms with Crippen molar-refractivity contribution in [3.8, 4) is 12.3 Å². The Morgan fingerprint density at radius 3 is 3.00 bits per heavy atom. The third-order valence-corrected chi connectivity index (χ3v) is 2.48. The number of nitrogens with zero attached hydrogens (tertiary/aromatic N) is 1. The molecule has 0 N–H and O–H groups in total. The Hall–Kier alpha value is -0.480. The first-order valence-electron chi connectivity index (χ1n) is 4.52. The number of hydrogen-bond acceptors (Lipinski definition) is 1. The van der Waals surface area contributed by atoms with Gasteiger partial charge in [0.25, 0.3) is 0 Å². The molecule has 0 aromatic carbocycles. The normalized spacial score (nSPS) is 26.4. The van der Waals surface area contributed by atoms with E-state index in [1.807, 2.05) is 0 Å². The van der Waals surface area contributed by atoms with Crippen LogP contribution in [-0.2, 0) is 0 Å². The quantitative estimate of drug-likeness (QED) is 0.545. The second-order valence-electron chi connectivity index (χ2n) is 3.33. The van der Waals surface area contributed by atoms with Crippen LogP contribution in [0.25, 0.3) is 0 Å². The Morgan fingerprint density at radius 2 is 2.36 bits per heavy atom. The highest BCUT2D eigenvalue weighted by atomic mass is 15.1. The lowest BCUT2D eigenvalue weighted by molar-refractivity contribution is 0.164. The molecule has 1 heteroatoms. The molecular formula is C10H17N. The number of hydrogen-bond donors (Lipinski definition) is 0. The van der Waals surface area contributed by atoms with Crippen LogP contribution in [0.15, 0.2) is 0 Å². The monoisotopic (exact) mass is 151 g/mol. The Labute approximate surface area is 69.8 Å². The van der Waals surface area contributed by atoms with Crippen molar-refractivity contribution in [2.45, 2.75) is 38.6 Å². The van der Waals surface area contributed by atoms with Crippen molar-refractivity contribution in [2.75, 3.05) is 13.1 Å². The second kappa shape index (κ2) is 4.41. The Kier molecular flexibility index (Phi) is 3.45. The van der Waals surface area contributed by atoms with Crippen LogP contribution in [0.4, 0.5) is 0 Å². The van der Waals surface area contributed by atoms with Gasteiger partial charge in [-0.1, -0.05) is 6.42 Å². The van der Waals surface area contributed by atoms with Crippen LogP contribution in [0.3, 0.4) is 0 Å². The Balaban J connectivity index is 2.25. The molecule has 0 bridgehead atoms. The minimum atomic E-state index is 0.761. The van der Waals surface area contributed by atoms with Gasteiger partial charge in [0, 0.05) is 19.0 Å². The van der Waals surface area contributed by atoms with E-state index < -0.39 is 0 Å². The Bertz CT molecular complexity index is 145. The molecule has 1 saturated heterocycles. The fourth-order valence-electron chi connectivity index (χ4n) is 1.70. The summed E-state index contributed by atoms with van der Waals surface area (Å²) < 4.78 is 0. The van der Waals surface area contributed by atoms with E-state index >= 15 is 0 Å². The van der Waals surface area contributed by atoms with Gasteiger partial charge in [0.15, 0.2) is 0 Å². The summed E-state index contributed by atoms with van der Waals surface area (Å²) >= 11 is 0. The average Bonchev–Trinajstić information content (AvgIpc) is 2.03. The SMILES string of the molecule is C#CCCN1CCCCC1C. The van der Waals surface area contributed by atoms with Crippen LogP contribution in [0, 0.1) is 12.3 Å². The molecule has 1 fully saturated rings. The zero-order chi connectivity index (χ0) is 8.10. The third-order valence-electron chi connectivity index (χ3n) is 2.48. The molecule has 0 radical (unpaired) electrons. The topological polar surface area (TPSA) is 3.24 Å². The van der Waals surface area contributed by atoms with E-state index in [9.17, 15) is 0 Å². The van der Waals surface area contributed by atoms with Crippen LogP contribution in [0.2, 0.25) is 0 Å². The Morgan fingerprint density at radius 1 is 1.55 bits per heavy atom. The highest BCUT2D eigenvalue weighted by molar-refractivity contribution is 4.86. The van der Waals surface area contributed by atoms with Crippen molar-refractivity contribution in [3.05, 3.63) is 0 Å². The van der Waals surface area contributed by atoms with E-state index in [1.54, 1.807) is 0 Å². The summed E-state index contributed by atoms with van der Waals surface area (Å²) in [5, 5.41) is 0. The summed E-state index contributed by atoms with van der Waals surface area (Å²) in [6.45, 7) is 4.65. The maximum Gasteiger partial charge on any atom is 0.0214 e. The lowest BCUT2D eigenvalue weighted by atomic mass is 10.0. The summed E-state index contributed by atoms with van der Waals surface area (Å²) in [5.74, 6) is 2.69. The van der Waals surface area contributed by atoms with Crippen molar-refractivity contribution in [1.29, 1.82) is 0 Å². The van der Waals surface area contributed by atoms with Gasteiger partial charge < -0.3 is 0 Å². The molecule has 0 aromatic heterocycles.